The van der Waals surface area contributed by atoms with Crippen LogP contribution < -0.4 is 10.2 Å². The maximum Gasteiger partial charge on any atom is 0.147 e. The Morgan fingerprint density at radius 3 is 2.76 bits per heavy atom. The van der Waals surface area contributed by atoms with Gasteiger partial charge in [0.25, 0.3) is 0 Å². The van der Waals surface area contributed by atoms with Crippen molar-refractivity contribution in [3.63, 3.8) is 0 Å². The van der Waals surface area contributed by atoms with Crippen molar-refractivity contribution in [1.82, 2.24) is 25.1 Å². The summed E-state index contributed by atoms with van der Waals surface area (Å²) in [6.07, 6.45) is 6.91. The van der Waals surface area contributed by atoms with Gasteiger partial charge in [-0.25, -0.2) is 9.37 Å². The van der Waals surface area contributed by atoms with Crippen LogP contribution in [0, 0.1) is 0 Å². The van der Waals surface area contributed by atoms with Crippen LogP contribution in [-0.2, 0) is 7.05 Å². The average Bonchev–Trinajstić information content (AvgIpc) is 3.45. The first-order valence-corrected chi connectivity index (χ1v) is 11.7. The lowest BCUT2D eigenvalue weighted by Gasteiger charge is -2.38. The molecule has 4 atom stereocenters. The molecule has 2 bridgehead atoms. The molecule has 8 heteroatoms. The second-order valence-corrected chi connectivity index (χ2v) is 9.40. The van der Waals surface area contributed by atoms with Gasteiger partial charge in [-0.05, 0) is 48.6 Å². The van der Waals surface area contributed by atoms with E-state index in [4.69, 9.17) is 0 Å². The number of halogens is 1. The summed E-state index contributed by atoms with van der Waals surface area (Å²) in [5.74, 6) is 0.768. The average molecular weight is 459 g/mol. The first-order chi connectivity index (χ1) is 16.5. The summed E-state index contributed by atoms with van der Waals surface area (Å²) < 4.78 is 16.8. The van der Waals surface area contributed by atoms with E-state index < -0.39 is 6.17 Å². The smallest absolute Gasteiger partial charge is 0.147 e. The lowest BCUT2D eigenvalue weighted by atomic mass is 9.96. The van der Waals surface area contributed by atoms with E-state index in [1.165, 1.54) is 0 Å². The summed E-state index contributed by atoms with van der Waals surface area (Å²) in [6, 6.07) is 11.7. The summed E-state index contributed by atoms with van der Waals surface area (Å²) >= 11 is 0. The molecule has 0 aliphatic carbocycles. The molecule has 4 aromatic rings. The number of benzene rings is 2. The SMILES string of the molecule is CN(c1cnc(-c2ccc(-c3cccc4c3cnn4C)cc2O)cn1)[C@@H]1CC2CCC(N2)[C@@H]1F. The molecule has 2 aliphatic rings. The molecule has 174 valence electrons. The van der Waals surface area contributed by atoms with Gasteiger partial charge < -0.3 is 15.3 Å². The highest BCUT2D eigenvalue weighted by molar-refractivity contribution is 5.95. The van der Waals surface area contributed by atoms with Crippen LogP contribution in [0.4, 0.5) is 10.2 Å². The molecule has 7 nitrogen and oxygen atoms in total. The van der Waals surface area contributed by atoms with E-state index in [9.17, 15) is 9.50 Å². The third-order valence-corrected chi connectivity index (χ3v) is 7.43. The van der Waals surface area contributed by atoms with Crippen LogP contribution >= 0.6 is 0 Å². The summed E-state index contributed by atoms with van der Waals surface area (Å²) in [4.78, 5) is 11.0. The minimum absolute atomic E-state index is 0.0635. The first-order valence-electron chi connectivity index (χ1n) is 11.7. The van der Waals surface area contributed by atoms with Crippen molar-refractivity contribution in [2.24, 2.45) is 7.05 Å². The van der Waals surface area contributed by atoms with E-state index in [1.54, 1.807) is 18.5 Å². The van der Waals surface area contributed by atoms with Gasteiger partial charge in [0.05, 0.1) is 35.8 Å². The Labute approximate surface area is 197 Å². The van der Waals surface area contributed by atoms with E-state index in [0.717, 1.165) is 41.3 Å². The number of nitrogens with zero attached hydrogens (tertiary/aromatic N) is 5. The van der Waals surface area contributed by atoms with Gasteiger partial charge in [0, 0.05) is 37.1 Å². The molecular weight excluding hydrogens is 431 g/mol. The van der Waals surface area contributed by atoms with Crippen LogP contribution in [0.1, 0.15) is 19.3 Å². The van der Waals surface area contributed by atoms with Crippen molar-refractivity contribution in [3.8, 4) is 28.1 Å². The molecule has 0 saturated carbocycles. The van der Waals surface area contributed by atoms with E-state index in [2.05, 4.69) is 20.4 Å². The first kappa shape index (κ1) is 21.0. The number of nitrogens with one attached hydrogen (secondary N) is 1. The Morgan fingerprint density at radius 1 is 1.09 bits per heavy atom. The third kappa shape index (κ3) is 3.40. The number of phenols is 1. The monoisotopic (exact) mass is 458 g/mol. The van der Waals surface area contributed by atoms with Crippen molar-refractivity contribution < 1.29 is 9.50 Å². The van der Waals surface area contributed by atoms with Gasteiger partial charge in [-0.2, -0.15) is 5.10 Å². The van der Waals surface area contributed by atoms with Gasteiger partial charge in [0.2, 0.25) is 0 Å². The van der Waals surface area contributed by atoms with E-state index in [0.29, 0.717) is 23.1 Å². The maximum absolute atomic E-state index is 15.0. The molecule has 2 fully saturated rings. The van der Waals surface area contributed by atoms with Gasteiger partial charge in [0.1, 0.15) is 17.7 Å². The summed E-state index contributed by atoms with van der Waals surface area (Å²) in [5, 5.41) is 19.6. The van der Waals surface area contributed by atoms with Crippen LogP contribution in [0.15, 0.2) is 55.0 Å². The summed E-state index contributed by atoms with van der Waals surface area (Å²) in [7, 11) is 3.80. The number of piperidine rings is 1. The fourth-order valence-corrected chi connectivity index (χ4v) is 5.51. The molecule has 34 heavy (non-hydrogen) atoms. The Kier molecular flexibility index (Phi) is 4.99. The molecule has 0 spiro atoms. The molecule has 0 radical (unpaired) electrons. The standard InChI is InChI=1S/C26H27FN6O/c1-32(23-11-16-7-9-20(31-16)26(23)27)25-14-28-21(13-29-25)18-8-6-15(10-24(18)34)17-4-3-5-22-19(17)12-30-33(22)2/h3-6,8,10,12-14,16,20,23,26,31,34H,7,9,11H2,1-2H3/t16?,20?,23-,26+/m1/s1. The van der Waals surface area contributed by atoms with Crippen molar-refractivity contribution in [2.45, 2.75) is 43.6 Å². The van der Waals surface area contributed by atoms with E-state index >= 15 is 0 Å². The Balaban J connectivity index is 1.26. The number of phenolic OH excluding ortho intramolecular Hbond substituents is 1. The zero-order valence-corrected chi connectivity index (χ0v) is 19.2. The second-order valence-electron chi connectivity index (χ2n) is 9.40. The minimum Gasteiger partial charge on any atom is -0.507 e. The number of rotatable bonds is 4. The molecule has 2 N–H and O–H groups in total. The number of aromatic nitrogens is 4. The Bertz CT molecular complexity index is 1350. The molecule has 2 aromatic heterocycles. The van der Waals surface area contributed by atoms with Gasteiger partial charge >= 0.3 is 0 Å². The number of anilines is 1. The number of aromatic hydroxyl groups is 1. The highest BCUT2D eigenvalue weighted by Gasteiger charge is 2.43. The third-order valence-electron chi connectivity index (χ3n) is 7.43. The largest absolute Gasteiger partial charge is 0.507 e. The summed E-state index contributed by atoms with van der Waals surface area (Å²) in [5.41, 5.74) is 4.12. The Morgan fingerprint density at radius 2 is 1.97 bits per heavy atom. The van der Waals surface area contributed by atoms with Crippen molar-refractivity contribution >= 4 is 16.7 Å². The molecule has 2 aliphatic heterocycles. The number of hydrogen-bond donors (Lipinski definition) is 2. The maximum atomic E-state index is 15.0. The van der Waals surface area contributed by atoms with Gasteiger partial charge in [-0.3, -0.25) is 9.67 Å². The van der Waals surface area contributed by atoms with Gasteiger partial charge in [-0.1, -0.05) is 18.2 Å². The molecule has 2 saturated heterocycles. The molecule has 4 heterocycles. The van der Waals surface area contributed by atoms with Crippen molar-refractivity contribution in [1.29, 1.82) is 0 Å². The highest BCUT2D eigenvalue weighted by atomic mass is 19.1. The van der Waals surface area contributed by atoms with E-state index in [1.807, 2.05) is 60.2 Å². The van der Waals surface area contributed by atoms with Crippen LogP contribution in [0.2, 0.25) is 0 Å². The normalized spacial score (nSPS) is 24.0. The van der Waals surface area contributed by atoms with Crippen molar-refractivity contribution in [3.05, 3.63) is 55.0 Å². The van der Waals surface area contributed by atoms with Crippen LogP contribution in [0.25, 0.3) is 33.3 Å². The molecular formula is C26H27FN6O. The lowest BCUT2D eigenvalue weighted by Crippen LogP contribution is -2.55. The second kappa shape index (κ2) is 8.06. The van der Waals surface area contributed by atoms with Crippen LogP contribution in [0.5, 0.6) is 5.75 Å². The molecule has 0 amide bonds. The zero-order chi connectivity index (χ0) is 23.4. The molecule has 2 unspecified atom stereocenters. The predicted molar refractivity (Wildman–Crippen MR) is 130 cm³/mol. The quantitative estimate of drug-likeness (QED) is 0.480. The van der Waals surface area contributed by atoms with Crippen molar-refractivity contribution in [2.75, 3.05) is 11.9 Å². The summed E-state index contributed by atoms with van der Waals surface area (Å²) in [6.45, 7) is 0. The number of hydrogen-bond acceptors (Lipinski definition) is 6. The fourth-order valence-electron chi connectivity index (χ4n) is 5.51. The Hall–Kier alpha value is -3.52. The number of alkyl halides is 1. The number of fused-ring (bicyclic) bond motifs is 3. The topological polar surface area (TPSA) is 79.1 Å². The predicted octanol–water partition coefficient (Wildman–Crippen LogP) is 4.07. The minimum atomic E-state index is -0.925. The fraction of sp³-hybridized carbons (Fsp3) is 0.346. The molecule has 2 aromatic carbocycles. The van der Waals surface area contributed by atoms with E-state index in [-0.39, 0.29) is 17.8 Å². The molecule has 6 rings (SSSR count). The van der Waals surface area contributed by atoms with Crippen LogP contribution in [0.3, 0.4) is 0 Å². The number of aryl methyl sites for hydroxylation is 1. The lowest BCUT2D eigenvalue weighted by molar-refractivity contribution is 0.176. The van der Waals surface area contributed by atoms with Gasteiger partial charge in [0.15, 0.2) is 0 Å². The highest BCUT2D eigenvalue weighted by Crippen LogP contribution is 2.36. The van der Waals surface area contributed by atoms with Crippen LogP contribution in [-0.4, -0.2) is 56.2 Å². The zero-order valence-electron chi connectivity index (χ0n) is 19.2. The van der Waals surface area contributed by atoms with Gasteiger partial charge in [-0.15, -0.1) is 0 Å².